The van der Waals surface area contributed by atoms with Crippen LogP contribution in [0.3, 0.4) is 0 Å². The van der Waals surface area contributed by atoms with Gasteiger partial charge < -0.3 is 5.32 Å². The predicted octanol–water partition coefficient (Wildman–Crippen LogP) is 3.57. The molecule has 0 aliphatic carbocycles. The van der Waals surface area contributed by atoms with Crippen LogP contribution in [-0.4, -0.2) is 6.54 Å². The normalized spacial score (nSPS) is 12.4. The fourth-order valence-electron chi connectivity index (χ4n) is 1.34. The van der Waals surface area contributed by atoms with Gasteiger partial charge in [0.05, 0.1) is 0 Å². The molecule has 0 spiro atoms. The molecule has 1 rings (SSSR count). The van der Waals surface area contributed by atoms with Gasteiger partial charge in [-0.3, -0.25) is 0 Å². The van der Waals surface area contributed by atoms with Crippen molar-refractivity contribution in [3.05, 3.63) is 47.5 Å². The fraction of sp³-hybridized carbons (Fsp3) is 0.333. The number of rotatable bonds is 5. The molecule has 1 atom stereocenters. The van der Waals surface area contributed by atoms with Crippen molar-refractivity contribution in [2.75, 3.05) is 6.54 Å². The summed E-state index contributed by atoms with van der Waals surface area (Å²) < 4.78 is 0. The molecule has 2 heteroatoms. The van der Waals surface area contributed by atoms with Crippen molar-refractivity contribution in [3.63, 3.8) is 0 Å². The molecule has 0 aliphatic heterocycles. The first-order valence-electron chi connectivity index (χ1n) is 4.84. The summed E-state index contributed by atoms with van der Waals surface area (Å²) in [5.74, 6) is 0. The standard InChI is InChI=1S/C12H16ClN/c1-3-4-9-14-10(2)11-7-5-6-8-12(11)13/h3,5-8,10,14H,1,4,9H2,2H3/t10-/m1/s1. The second kappa shape index (κ2) is 5.84. The summed E-state index contributed by atoms with van der Waals surface area (Å²) in [5.41, 5.74) is 1.15. The molecule has 76 valence electrons. The van der Waals surface area contributed by atoms with Gasteiger partial charge in [-0.2, -0.15) is 0 Å². The van der Waals surface area contributed by atoms with Crippen molar-refractivity contribution >= 4 is 11.6 Å². The number of hydrogen-bond donors (Lipinski definition) is 1. The maximum Gasteiger partial charge on any atom is 0.0453 e. The van der Waals surface area contributed by atoms with Gasteiger partial charge in [0.25, 0.3) is 0 Å². The Balaban J connectivity index is 2.55. The van der Waals surface area contributed by atoms with Crippen molar-refractivity contribution in [1.82, 2.24) is 5.32 Å². The molecule has 0 heterocycles. The second-order valence-corrected chi connectivity index (χ2v) is 3.68. The molecule has 0 radical (unpaired) electrons. The van der Waals surface area contributed by atoms with E-state index in [0.717, 1.165) is 23.6 Å². The summed E-state index contributed by atoms with van der Waals surface area (Å²) in [7, 11) is 0. The van der Waals surface area contributed by atoms with Crippen LogP contribution in [0.25, 0.3) is 0 Å². The first kappa shape index (κ1) is 11.3. The second-order valence-electron chi connectivity index (χ2n) is 3.27. The molecule has 1 nitrogen and oxygen atoms in total. The number of benzene rings is 1. The van der Waals surface area contributed by atoms with Crippen molar-refractivity contribution in [2.24, 2.45) is 0 Å². The third kappa shape index (κ3) is 3.17. The summed E-state index contributed by atoms with van der Waals surface area (Å²) in [6.45, 7) is 6.74. The predicted molar refractivity (Wildman–Crippen MR) is 62.7 cm³/mol. The SMILES string of the molecule is C=CCCN[C@H](C)c1ccccc1Cl. The lowest BCUT2D eigenvalue weighted by Crippen LogP contribution is -2.19. The van der Waals surface area contributed by atoms with E-state index in [4.69, 9.17) is 11.6 Å². The Kier molecular flexibility index (Phi) is 4.71. The highest BCUT2D eigenvalue weighted by atomic mass is 35.5. The molecular formula is C12H16ClN. The molecule has 0 fully saturated rings. The average Bonchev–Trinajstić information content (AvgIpc) is 2.18. The minimum atomic E-state index is 0.295. The van der Waals surface area contributed by atoms with Gasteiger partial charge in [0.1, 0.15) is 0 Å². The minimum Gasteiger partial charge on any atom is -0.310 e. The van der Waals surface area contributed by atoms with Gasteiger partial charge >= 0.3 is 0 Å². The number of hydrogen-bond acceptors (Lipinski definition) is 1. The maximum atomic E-state index is 6.07. The maximum absolute atomic E-state index is 6.07. The van der Waals surface area contributed by atoms with Gasteiger partial charge in [0.2, 0.25) is 0 Å². The zero-order valence-electron chi connectivity index (χ0n) is 8.46. The van der Waals surface area contributed by atoms with E-state index in [-0.39, 0.29) is 0 Å². The molecule has 0 saturated heterocycles. The third-order valence-corrected chi connectivity index (χ3v) is 2.51. The summed E-state index contributed by atoms with van der Waals surface area (Å²) in [5, 5.41) is 4.21. The Morgan fingerprint density at radius 3 is 2.86 bits per heavy atom. The minimum absolute atomic E-state index is 0.295. The largest absolute Gasteiger partial charge is 0.310 e. The van der Waals surface area contributed by atoms with Crippen molar-refractivity contribution < 1.29 is 0 Å². The smallest absolute Gasteiger partial charge is 0.0453 e. The van der Waals surface area contributed by atoms with Gasteiger partial charge in [0.15, 0.2) is 0 Å². The van der Waals surface area contributed by atoms with E-state index in [0.29, 0.717) is 6.04 Å². The molecule has 0 bridgehead atoms. The van der Waals surface area contributed by atoms with E-state index in [1.807, 2.05) is 30.3 Å². The van der Waals surface area contributed by atoms with Crippen LogP contribution in [0.4, 0.5) is 0 Å². The monoisotopic (exact) mass is 209 g/mol. The molecule has 0 aliphatic rings. The van der Waals surface area contributed by atoms with Gasteiger partial charge in [-0.15, -0.1) is 6.58 Å². The van der Waals surface area contributed by atoms with Crippen molar-refractivity contribution in [3.8, 4) is 0 Å². The third-order valence-electron chi connectivity index (χ3n) is 2.17. The summed E-state index contributed by atoms with van der Waals surface area (Å²) in [4.78, 5) is 0. The van der Waals surface area contributed by atoms with Gasteiger partial charge in [0, 0.05) is 11.1 Å². The summed E-state index contributed by atoms with van der Waals surface area (Å²) in [6, 6.07) is 8.22. The van der Waals surface area contributed by atoms with Crippen LogP contribution in [0.1, 0.15) is 24.9 Å². The lowest BCUT2D eigenvalue weighted by Gasteiger charge is -2.14. The Morgan fingerprint density at radius 2 is 2.21 bits per heavy atom. The molecule has 1 aromatic rings. The molecular weight excluding hydrogens is 194 g/mol. The first-order chi connectivity index (χ1) is 6.75. The molecule has 0 aromatic heterocycles. The van der Waals surface area contributed by atoms with E-state index >= 15 is 0 Å². The fourth-order valence-corrected chi connectivity index (χ4v) is 1.64. The molecule has 1 N–H and O–H groups in total. The topological polar surface area (TPSA) is 12.0 Å². The molecule has 1 aromatic carbocycles. The van der Waals surface area contributed by atoms with Crippen LogP contribution in [0, 0.1) is 0 Å². The quantitative estimate of drug-likeness (QED) is 0.578. The Labute approximate surface area is 90.8 Å². The Bertz CT molecular complexity index is 296. The Morgan fingerprint density at radius 1 is 1.50 bits per heavy atom. The highest BCUT2D eigenvalue weighted by Gasteiger charge is 2.06. The molecule has 0 unspecified atom stereocenters. The molecule has 14 heavy (non-hydrogen) atoms. The van der Waals surface area contributed by atoms with E-state index in [1.54, 1.807) is 0 Å². The summed E-state index contributed by atoms with van der Waals surface area (Å²) in [6.07, 6.45) is 2.89. The lowest BCUT2D eigenvalue weighted by atomic mass is 10.1. The van der Waals surface area contributed by atoms with Gasteiger partial charge in [-0.05, 0) is 31.5 Å². The van der Waals surface area contributed by atoms with E-state index in [9.17, 15) is 0 Å². The lowest BCUT2D eigenvalue weighted by molar-refractivity contribution is 0.581. The van der Waals surface area contributed by atoms with E-state index in [2.05, 4.69) is 18.8 Å². The zero-order chi connectivity index (χ0) is 10.4. The zero-order valence-corrected chi connectivity index (χ0v) is 9.22. The van der Waals surface area contributed by atoms with Crippen LogP contribution >= 0.6 is 11.6 Å². The van der Waals surface area contributed by atoms with Crippen molar-refractivity contribution in [2.45, 2.75) is 19.4 Å². The highest BCUT2D eigenvalue weighted by molar-refractivity contribution is 6.31. The van der Waals surface area contributed by atoms with Crippen LogP contribution in [0.2, 0.25) is 5.02 Å². The van der Waals surface area contributed by atoms with E-state index in [1.165, 1.54) is 0 Å². The number of halogens is 1. The Hall–Kier alpha value is -0.790. The average molecular weight is 210 g/mol. The molecule has 0 amide bonds. The van der Waals surface area contributed by atoms with Crippen LogP contribution in [0.5, 0.6) is 0 Å². The van der Waals surface area contributed by atoms with Gasteiger partial charge in [-0.1, -0.05) is 35.9 Å². The van der Waals surface area contributed by atoms with Crippen LogP contribution in [0.15, 0.2) is 36.9 Å². The molecule has 0 saturated carbocycles. The van der Waals surface area contributed by atoms with E-state index < -0.39 is 0 Å². The van der Waals surface area contributed by atoms with Crippen LogP contribution in [-0.2, 0) is 0 Å². The van der Waals surface area contributed by atoms with Crippen molar-refractivity contribution in [1.29, 1.82) is 0 Å². The van der Waals surface area contributed by atoms with Crippen LogP contribution < -0.4 is 5.32 Å². The highest BCUT2D eigenvalue weighted by Crippen LogP contribution is 2.21. The van der Waals surface area contributed by atoms with Gasteiger partial charge in [-0.25, -0.2) is 0 Å². The number of nitrogens with one attached hydrogen (secondary N) is 1. The summed E-state index contributed by atoms with van der Waals surface area (Å²) >= 11 is 6.07. The first-order valence-corrected chi connectivity index (χ1v) is 5.22.